The maximum absolute atomic E-state index is 8.73. The van der Waals surface area contributed by atoms with Crippen LogP contribution in [0.15, 0.2) is 29.6 Å². The van der Waals surface area contributed by atoms with Crippen LogP contribution in [0.2, 0.25) is 0 Å². The molecule has 1 aromatic carbocycles. The first-order valence-corrected chi connectivity index (χ1v) is 2.72. The van der Waals surface area contributed by atoms with Crippen LogP contribution in [0.3, 0.4) is 0 Å². The first kappa shape index (κ1) is 9.22. The minimum absolute atomic E-state index is 0.213. The number of benzene rings is 1. The lowest BCUT2D eigenvalue weighted by Crippen LogP contribution is -1.80. The van der Waals surface area contributed by atoms with Crippen LogP contribution in [-0.2, 0) is 0 Å². The van der Waals surface area contributed by atoms with E-state index in [1.807, 2.05) is 0 Å². The van der Waals surface area contributed by atoms with Crippen molar-refractivity contribution in [3.8, 4) is 5.75 Å². The van der Waals surface area contributed by atoms with E-state index < -0.39 is 0 Å². The largest absolute Gasteiger partial charge is 0.508 e. The Kier molecular flexibility index (Phi) is 4.22. The summed E-state index contributed by atoms with van der Waals surface area (Å²) < 4.78 is 0. The topological polar surface area (TPSA) is 95.9 Å². The number of phenols is 1. The van der Waals surface area contributed by atoms with Gasteiger partial charge in [-0.3, -0.25) is 0 Å². The molecule has 0 bridgehead atoms. The molecular weight excluding hydrogens is 148 g/mol. The first-order valence-electron chi connectivity index (χ1n) is 2.72. The fourth-order valence-electron chi connectivity index (χ4n) is 0.525. The van der Waals surface area contributed by atoms with Gasteiger partial charge < -0.3 is 16.0 Å². The standard InChI is InChI=1S/C6H7NO.HNO2/c7-5-2-1-3-6(8)4-5;2-1-3/h1-4,8H,7H2;(H,2,3). The third kappa shape index (κ3) is 4.71. The molecule has 0 fully saturated rings. The molecule has 11 heavy (non-hydrogen) atoms. The molecule has 5 heteroatoms. The normalized spacial score (nSPS) is 7.64. The van der Waals surface area contributed by atoms with Gasteiger partial charge in [-0.15, -0.1) is 4.91 Å². The molecule has 0 aliphatic carbocycles. The molecule has 0 radical (unpaired) electrons. The quantitative estimate of drug-likeness (QED) is 0.298. The number of phenolic OH excluding ortho intramolecular Hbond substituents is 1. The average molecular weight is 156 g/mol. The van der Waals surface area contributed by atoms with Crippen molar-refractivity contribution in [2.45, 2.75) is 0 Å². The van der Waals surface area contributed by atoms with Crippen molar-refractivity contribution in [3.05, 3.63) is 29.2 Å². The smallest absolute Gasteiger partial charge is 0.152 e. The molecule has 0 spiro atoms. The monoisotopic (exact) mass is 156 g/mol. The van der Waals surface area contributed by atoms with Crippen LogP contribution in [0.5, 0.6) is 5.75 Å². The van der Waals surface area contributed by atoms with E-state index in [9.17, 15) is 0 Å². The van der Waals surface area contributed by atoms with Gasteiger partial charge in [-0.2, -0.15) is 0 Å². The Morgan fingerprint density at radius 2 is 2.00 bits per heavy atom. The summed E-state index contributed by atoms with van der Waals surface area (Å²) in [7, 11) is 0. The molecule has 0 amide bonds. The van der Waals surface area contributed by atoms with Crippen molar-refractivity contribution < 1.29 is 10.3 Å². The minimum atomic E-state index is 0.213. The number of nitrogen functional groups attached to an aromatic ring is 1. The first-order chi connectivity index (χ1) is 5.20. The average Bonchev–Trinajstić information content (AvgIpc) is 1.88. The highest BCUT2D eigenvalue weighted by Crippen LogP contribution is 2.10. The fourth-order valence-corrected chi connectivity index (χ4v) is 0.525. The molecule has 4 N–H and O–H groups in total. The highest BCUT2D eigenvalue weighted by atomic mass is 16.6. The molecule has 0 aliphatic heterocycles. The van der Waals surface area contributed by atoms with E-state index in [1.165, 1.54) is 11.4 Å². The van der Waals surface area contributed by atoms with Crippen LogP contribution >= 0.6 is 0 Å². The predicted molar refractivity (Wildman–Crippen MR) is 40.1 cm³/mol. The van der Waals surface area contributed by atoms with Crippen molar-refractivity contribution in [1.82, 2.24) is 0 Å². The summed E-state index contributed by atoms with van der Waals surface area (Å²) in [5.41, 5.74) is 5.89. The second kappa shape index (κ2) is 5.04. The highest BCUT2D eigenvalue weighted by molar-refractivity contribution is 5.42. The molecule has 0 aromatic heterocycles. The van der Waals surface area contributed by atoms with Crippen LogP contribution in [0.4, 0.5) is 5.69 Å². The van der Waals surface area contributed by atoms with Gasteiger partial charge in [0.1, 0.15) is 5.75 Å². The lowest BCUT2D eigenvalue weighted by molar-refractivity contribution is 0.312. The summed E-state index contributed by atoms with van der Waals surface area (Å²) in [6, 6.07) is 6.50. The maximum Gasteiger partial charge on any atom is 0.152 e. The number of aromatic hydroxyl groups is 1. The summed E-state index contributed by atoms with van der Waals surface area (Å²) in [5.74, 6) is 0.213. The van der Waals surface area contributed by atoms with E-state index in [0.717, 1.165) is 0 Å². The van der Waals surface area contributed by atoms with Gasteiger partial charge in [0.15, 0.2) is 5.34 Å². The lowest BCUT2D eigenvalue weighted by atomic mass is 10.3. The van der Waals surface area contributed by atoms with E-state index in [2.05, 4.69) is 0 Å². The van der Waals surface area contributed by atoms with Crippen LogP contribution < -0.4 is 5.73 Å². The van der Waals surface area contributed by atoms with Crippen molar-refractivity contribution in [2.75, 3.05) is 5.73 Å². The molecule has 0 aliphatic rings. The van der Waals surface area contributed by atoms with Crippen molar-refractivity contribution >= 4 is 5.69 Å². The van der Waals surface area contributed by atoms with Gasteiger partial charge in [-0.25, -0.2) is 0 Å². The van der Waals surface area contributed by atoms with E-state index in [1.54, 1.807) is 18.2 Å². The van der Waals surface area contributed by atoms with E-state index in [4.69, 9.17) is 21.0 Å². The zero-order valence-electron chi connectivity index (χ0n) is 5.64. The Bertz CT molecular complexity index is 210. The van der Waals surface area contributed by atoms with Gasteiger partial charge in [0.25, 0.3) is 0 Å². The highest BCUT2D eigenvalue weighted by Gasteiger charge is 1.83. The summed E-state index contributed by atoms with van der Waals surface area (Å²) in [6.07, 6.45) is 0. The maximum atomic E-state index is 8.73. The van der Waals surface area contributed by atoms with Gasteiger partial charge in [-0.1, -0.05) is 6.07 Å². The Hall–Kier alpha value is -1.78. The zero-order chi connectivity index (χ0) is 8.69. The zero-order valence-corrected chi connectivity index (χ0v) is 5.64. The van der Waals surface area contributed by atoms with Crippen LogP contribution in [-0.4, -0.2) is 10.3 Å². The number of nitrogens with two attached hydrogens (primary N) is 1. The molecule has 0 saturated carbocycles. The van der Waals surface area contributed by atoms with E-state index in [0.29, 0.717) is 5.69 Å². The third-order valence-corrected chi connectivity index (χ3v) is 0.870. The van der Waals surface area contributed by atoms with Gasteiger partial charge in [-0.05, 0) is 12.1 Å². The Balaban J connectivity index is 0.000000292. The Morgan fingerprint density at radius 1 is 1.45 bits per heavy atom. The molecule has 0 atom stereocenters. The number of rotatable bonds is 0. The van der Waals surface area contributed by atoms with E-state index >= 15 is 0 Å². The number of nitrogens with zero attached hydrogens (tertiary/aromatic N) is 1. The molecule has 1 rings (SSSR count). The molecule has 0 saturated heterocycles. The van der Waals surface area contributed by atoms with Crippen molar-refractivity contribution in [3.63, 3.8) is 0 Å². The summed E-state index contributed by atoms with van der Waals surface area (Å²) in [4.78, 5) is 8.11. The van der Waals surface area contributed by atoms with Gasteiger partial charge >= 0.3 is 0 Å². The molecule has 60 valence electrons. The lowest BCUT2D eigenvalue weighted by Gasteiger charge is -1.90. The summed E-state index contributed by atoms with van der Waals surface area (Å²) in [6.45, 7) is 0. The number of anilines is 1. The van der Waals surface area contributed by atoms with Crippen molar-refractivity contribution in [1.29, 1.82) is 0 Å². The van der Waals surface area contributed by atoms with Gasteiger partial charge in [0.05, 0.1) is 0 Å². The molecule has 1 aromatic rings. The molecule has 0 heterocycles. The Labute approximate surface area is 63.0 Å². The SMILES string of the molecule is Nc1cccc(O)c1.O=NO. The van der Waals surface area contributed by atoms with Gasteiger partial charge in [0.2, 0.25) is 0 Å². The molecule has 0 unspecified atom stereocenters. The molecule has 5 nitrogen and oxygen atoms in total. The van der Waals surface area contributed by atoms with Crippen LogP contribution in [0.25, 0.3) is 0 Å². The second-order valence-electron chi connectivity index (χ2n) is 1.68. The predicted octanol–water partition coefficient (Wildman–Crippen LogP) is 1.12. The van der Waals surface area contributed by atoms with Crippen molar-refractivity contribution in [2.24, 2.45) is 5.34 Å². The van der Waals surface area contributed by atoms with E-state index in [-0.39, 0.29) is 5.75 Å². The number of hydrogen-bond acceptors (Lipinski definition) is 4. The Morgan fingerprint density at radius 3 is 2.27 bits per heavy atom. The van der Waals surface area contributed by atoms with Gasteiger partial charge in [0, 0.05) is 11.8 Å². The molecular formula is C6H8N2O3. The number of hydrogen-bond donors (Lipinski definition) is 3. The second-order valence-corrected chi connectivity index (χ2v) is 1.68. The van der Waals surface area contributed by atoms with Crippen LogP contribution in [0.1, 0.15) is 0 Å². The summed E-state index contributed by atoms with van der Waals surface area (Å²) in [5, 5.41) is 16.6. The fraction of sp³-hybridized carbons (Fsp3) is 0. The minimum Gasteiger partial charge on any atom is -0.508 e. The third-order valence-electron chi connectivity index (χ3n) is 0.870. The summed E-state index contributed by atoms with van der Waals surface area (Å²) >= 11 is 0. The van der Waals surface area contributed by atoms with Crippen LogP contribution in [0, 0.1) is 4.91 Å².